The molecule has 1 N–H and O–H groups in total. The number of benzene rings is 2. The number of halogens is 1. The molecule has 2 aromatic carbocycles. The van der Waals surface area contributed by atoms with Gasteiger partial charge in [-0.1, -0.05) is 41.9 Å². The fourth-order valence-corrected chi connectivity index (χ4v) is 3.50. The molecular formula is C21H19ClN4O. The zero-order valence-electron chi connectivity index (χ0n) is 15.2. The molecule has 2 aromatic heterocycles. The van der Waals surface area contributed by atoms with Crippen LogP contribution in [0.2, 0.25) is 5.02 Å². The highest BCUT2D eigenvalue weighted by Gasteiger charge is 2.13. The maximum atomic E-state index is 12.2. The maximum Gasteiger partial charge on any atom is 0.258 e. The predicted octanol–water partition coefficient (Wildman–Crippen LogP) is 4.07. The number of hydrogen-bond donors (Lipinski definition) is 1. The van der Waals surface area contributed by atoms with Crippen LogP contribution in [0.1, 0.15) is 17.1 Å². The first-order valence-corrected chi connectivity index (χ1v) is 9.11. The van der Waals surface area contributed by atoms with Crippen molar-refractivity contribution in [2.75, 3.05) is 7.05 Å². The monoisotopic (exact) mass is 378 g/mol. The minimum atomic E-state index is -0.123. The summed E-state index contributed by atoms with van der Waals surface area (Å²) in [6.45, 7) is 3.06. The standard InChI is InChI=1S/C21H19ClN4O/c1-13-14-7-3-5-9-16(14)23-18(20(13)22)11-26(2)12-19-24-17-10-6-4-8-15(17)21(27)25-19/h3-10H,11-12H2,1-2H3,(H,24,25,27). The van der Waals surface area contributed by atoms with Gasteiger partial charge in [0.15, 0.2) is 0 Å². The lowest BCUT2D eigenvalue weighted by Gasteiger charge is -2.18. The quantitative estimate of drug-likeness (QED) is 0.581. The summed E-state index contributed by atoms with van der Waals surface area (Å²) >= 11 is 6.56. The average molecular weight is 379 g/mol. The summed E-state index contributed by atoms with van der Waals surface area (Å²) in [4.78, 5) is 26.4. The minimum absolute atomic E-state index is 0.123. The Labute approximate surface area is 161 Å². The van der Waals surface area contributed by atoms with Crippen LogP contribution in [-0.4, -0.2) is 26.9 Å². The summed E-state index contributed by atoms with van der Waals surface area (Å²) in [5, 5.41) is 2.34. The second-order valence-electron chi connectivity index (χ2n) is 6.72. The van der Waals surface area contributed by atoms with Crippen LogP contribution < -0.4 is 5.56 Å². The van der Waals surface area contributed by atoms with Gasteiger partial charge in [0.05, 0.1) is 33.7 Å². The molecule has 6 heteroatoms. The van der Waals surface area contributed by atoms with Crippen molar-refractivity contribution in [2.24, 2.45) is 0 Å². The number of rotatable bonds is 4. The van der Waals surface area contributed by atoms with Crippen molar-refractivity contribution >= 4 is 33.4 Å². The third kappa shape index (κ3) is 3.44. The molecule has 2 heterocycles. The third-order valence-corrected chi connectivity index (χ3v) is 5.15. The van der Waals surface area contributed by atoms with Crippen molar-refractivity contribution in [1.29, 1.82) is 0 Å². The van der Waals surface area contributed by atoms with E-state index in [1.54, 1.807) is 6.07 Å². The van der Waals surface area contributed by atoms with Crippen molar-refractivity contribution in [2.45, 2.75) is 20.0 Å². The summed E-state index contributed by atoms with van der Waals surface area (Å²) in [7, 11) is 1.96. The lowest BCUT2D eigenvalue weighted by atomic mass is 10.1. The van der Waals surface area contributed by atoms with Crippen LogP contribution in [0.5, 0.6) is 0 Å². The number of aromatic nitrogens is 3. The normalized spacial score (nSPS) is 11.6. The molecule has 0 amide bonds. The van der Waals surface area contributed by atoms with Crippen molar-refractivity contribution in [3.63, 3.8) is 0 Å². The Morgan fingerprint density at radius 2 is 1.59 bits per heavy atom. The van der Waals surface area contributed by atoms with E-state index in [-0.39, 0.29) is 5.56 Å². The van der Waals surface area contributed by atoms with E-state index in [4.69, 9.17) is 16.6 Å². The molecule has 0 spiro atoms. The second kappa shape index (κ2) is 7.10. The Kier molecular flexibility index (Phi) is 4.64. The van der Waals surface area contributed by atoms with Crippen LogP contribution in [0, 0.1) is 6.92 Å². The Hall–Kier alpha value is -2.76. The van der Waals surface area contributed by atoms with Crippen molar-refractivity contribution in [1.82, 2.24) is 19.9 Å². The minimum Gasteiger partial charge on any atom is -0.309 e. The first-order chi connectivity index (χ1) is 13.0. The van der Waals surface area contributed by atoms with Crippen molar-refractivity contribution in [3.05, 3.63) is 81.0 Å². The van der Waals surface area contributed by atoms with Gasteiger partial charge in [0, 0.05) is 11.9 Å². The Bertz CT molecular complexity index is 1200. The highest BCUT2D eigenvalue weighted by atomic mass is 35.5. The van der Waals surface area contributed by atoms with Gasteiger partial charge < -0.3 is 4.98 Å². The van der Waals surface area contributed by atoms with E-state index < -0.39 is 0 Å². The van der Waals surface area contributed by atoms with Gasteiger partial charge >= 0.3 is 0 Å². The number of pyridine rings is 1. The second-order valence-corrected chi connectivity index (χ2v) is 7.09. The number of nitrogens with zero attached hydrogens (tertiary/aromatic N) is 3. The molecule has 4 aromatic rings. The van der Waals surface area contributed by atoms with Gasteiger partial charge in [0.1, 0.15) is 5.82 Å². The van der Waals surface area contributed by atoms with Gasteiger partial charge in [-0.2, -0.15) is 0 Å². The SMILES string of the molecule is Cc1c(Cl)c(CN(C)Cc2nc3ccccc3c(=O)[nH]2)nc2ccccc12. The van der Waals surface area contributed by atoms with E-state index in [9.17, 15) is 4.79 Å². The summed E-state index contributed by atoms with van der Waals surface area (Å²) < 4.78 is 0. The molecule has 136 valence electrons. The van der Waals surface area contributed by atoms with E-state index in [1.807, 2.05) is 61.3 Å². The lowest BCUT2D eigenvalue weighted by molar-refractivity contribution is 0.307. The summed E-state index contributed by atoms with van der Waals surface area (Å²) in [6, 6.07) is 15.3. The van der Waals surface area contributed by atoms with Crippen molar-refractivity contribution in [3.8, 4) is 0 Å². The summed E-state index contributed by atoms with van der Waals surface area (Å²) in [5.74, 6) is 0.620. The number of aryl methyl sites for hydroxylation is 1. The molecular weight excluding hydrogens is 360 g/mol. The smallest absolute Gasteiger partial charge is 0.258 e. The largest absolute Gasteiger partial charge is 0.309 e. The molecule has 0 radical (unpaired) electrons. The molecule has 0 bridgehead atoms. The first-order valence-electron chi connectivity index (χ1n) is 8.73. The molecule has 0 atom stereocenters. The number of hydrogen-bond acceptors (Lipinski definition) is 4. The van der Waals surface area contributed by atoms with Crippen LogP contribution in [0.15, 0.2) is 53.3 Å². The van der Waals surface area contributed by atoms with Gasteiger partial charge in [-0.15, -0.1) is 0 Å². The van der Waals surface area contributed by atoms with Crippen molar-refractivity contribution < 1.29 is 0 Å². The number of aromatic amines is 1. The van der Waals surface area contributed by atoms with E-state index in [0.717, 1.165) is 22.2 Å². The van der Waals surface area contributed by atoms with Gasteiger partial charge in [-0.3, -0.25) is 9.69 Å². The summed E-state index contributed by atoms with van der Waals surface area (Å²) in [6.07, 6.45) is 0. The lowest BCUT2D eigenvalue weighted by Crippen LogP contribution is -2.22. The number of fused-ring (bicyclic) bond motifs is 2. The van der Waals surface area contributed by atoms with Gasteiger partial charge in [0.25, 0.3) is 5.56 Å². The number of nitrogens with one attached hydrogen (secondary N) is 1. The van der Waals surface area contributed by atoms with E-state index in [0.29, 0.717) is 34.8 Å². The Morgan fingerprint density at radius 1 is 0.963 bits per heavy atom. The van der Waals surface area contributed by atoms with Gasteiger partial charge in [0.2, 0.25) is 0 Å². The van der Waals surface area contributed by atoms with Gasteiger partial charge in [-0.05, 0) is 37.7 Å². The molecule has 0 aliphatic heterocycles. The molecule has 0 fully saturated rings. The fourth-order valence-electron chi connectivity index (χ4n) is 3.30. The van der Waals surface area contributed by atoms with Crippen LogP contribution in [-0.2, 0) is 13.1 Å². The molecule has 27 heavy (non-hydrogen) atoms. The molecule has 0 saturated heterocycles. The number of H-pyrrole nitrogens is 1. The molecule has 0 saturated carbocycles. The molecule has 4 rings (SSSR count). The van der Waals surface area contributed by atoms with E-state index in [1.165, 1.54) is 0 Å². The topological polar surface area (TPSA) is 61.9 Å². The maximum absolute atomic E-state index is 12.2. The van der Waals surface area contributed by atoms with Crippen LogP contribution in [0.4, 0.5) is 0 Å². The molecule has 0 unspecified atom stereocenters. The highest BCUT2D eigenvalue weighted by Crippen LogP contribution is 2.27. The zero-order chi connectivity index (χ0) is 19.0. The fraction of sp³-hybridized carbons (Fsp3) is 0.190. The molecule has 5 nitrogen and oxygen atoms in total. The number of para-hydroxylation sites is 2. The zero-order valence-corrected chi connectivity index (χ0v) is 15.9. The van der Waals surface area contributed by atoms with Gasteiger partial charge in [-0.25, -0.2) is 9.97 Å². The van der Waals surface area contributed by atoms with Crippen LogP contribution >= 0.6 is 11.6 Å². The summed E-state index contributed by atoms with van der Waals surface area (Å²) in [5.41, 5.74) is 3.35. The van der Waals surface area contributed by atoms with Crippen LogP contribution in [0.25, 0.3) is 21.8 Å². The average Bonchev–Trinajstić information content (AvgIpc) is 2.66. The predicted molar refractivity (Wildman–Crippen MR) is 109 cm³/mol. The van der Waals surface area contributed by atoms with E-state index in [2.05, 4.69) is 9.97 Å². The van der Waals surface area contributed by atoms with Crippen LogP contribution in [0.3, 0.4) is 0 Å². The first kappa shape index (κ1) is 17.6. The molecule has 0 aliphatic carbocycles. The Morgan fingerprint density at radius 3 is 2.33 bits per heavy atom. The van der Waals surface area contributed by atoms with E-state index >= 15 is 0 Å². The Balaban J connectivity index is 1.61. The highest BCUT2D eigenvalue weighted by molar-refractivity contribution is 6.32. The third-order valence-electron chi connectivity index (χ3n) is 4.65. The molecule has 0 aliphatic rings.